The van der Waals surface area contributed by atoms with E-state index in [1.54, 1.807) is 6.26 Å². The van der Waals surface area contributed by atoms with Crippen LogP contribution >= 0.6 is 0 Å². The van der Waals surface area contributed by atoms with E-state index >= 15 is 0 Å². The normalized spacial score (nSPS) is 19.6. The van der Waals surface area contributed by atoms with Crippen LogP contribution in [0.3, 0.4) is 0 Å². The van der Waals surface area contributed by atoms with Crippen molar-refractivity contribution in [1.82, 2.24) is 10.3 Å². The maximum atomic E-state index is 5.54. The summed E-state index contributed by atoms with van der Waals surface area (Å²) in [5, 5.41) is 3.36. The molecule has 3 nitrogen and oxygen atoms in total. The van der Waals surface area contributed by atoms with Gasteiger partial charge in [0.15, 0.2) is 5.89 Å². The summed E-state index contributed by atoms with van der Waals surface area (Å²) in [6.45, 7) is 2.21. The molecule has 1 saturated heterocycles. The second-order valence-corrected chi connectivity index (χ2v) is 4.56. The van der Waals surface area contributed by atoms with Crippen LogP contribution in [0.5, 0.6) is 0 Å². The third kappa shape index (κ3) is 2.39. The zero-order chi connectivity index (χ0) is 11.5. The van der Waals surface area contributed by atoms with E-state index in [-0.39, 0.29) is 0 Å². The summed E-state index contributed by atoms with van der Waals surface area (Å²) in [5.41, 5.74) is 2.05. The number of rotatable bonds is 3. The molecule has 3 rings (SSSR count). The maximum absolute atomic E-state index is 5.54. The van der Waals surface area contributed by atoms with Crippen LogP contribution in [0.15, 0.2) is 41.0 Å². The Balaban J connectivity index is 1.74. The molecule has 0 saturated carbocycles. The van der Waals surface area contributed by atoms with Crippen molar-refractivity contribution in [2.45, 2.75) is 12.8 Å². The Bertz CT molecular complexity index is 472. The number of nitrogens with one attached hydrogen (secondary N) is 1. The van der Waals surface area contributed by atoms with Crippen LogP contribution in [0, 0.1) is 5.92 Å². The largest absolute Gasteiger partial charge is 0.448 e. The molecule has 0 aliphatic carbocycles. The first-order valence-corrected chi connectivity index (χ1v) is 6.12. The van der Waals surface area contributed by atoms with Gasteiger partial charge in [-0.1, -0.05) is 30.3 Å². The third-order valence-electron chi connectivity index (χ3n) is 3.25. The minimum Gasteiger partial charge on any atom is -0.448 e. The van der Waals surface area contributed by atoms with E-state index in [1.807, 2.05) is 18.2 Å². The van der Waals surface area contributed by atoms with Crippen LogP contribution in [-0.4, -0.2) is 18.1 Å². The molecule has 3 heteroatoms. The summed E-state index contributed by atoms with van der Waals surface area (Å²) in [6.07, 6.45) is 3.93. The lowest BCUT2D eigenvalue weighted by molar-refractivity contribution is 0.442. The van der Waals surface area contributed by atoms with Crippen molar-refractivity contribution in [3.05, 3.63) is 42.5 Å². The molecule has 1 aliphatic rings. The van der Waals surface area contributed by atoms with Crippen LogP contribution in [0.25, 0.3) is 11.3 Å². The van der Waals surface area contributed by atoms with Gasteiger partial charge in [-0.25, -0.2) is 4.98 Å². The highest BCUT2D eigenvalue weighted by molar-refractivity contribution is 5.57. The number of aromatic nitrogens is 1. The Kier molecular flexibility index (Phi) is 2.92. The van der Waals surface area contributed by atoms with Gasteiger partial charge in [-0.3, -0.25) is 0 Å². The smallest absolute Gasteiger partial charge is 0.194 e. The number of hydrogen-bond donors (Lipinski definition) is 1. The highest BCUT2D eigenvalue weighted by atomic mass is 16.3. The molecule has 1 unspecified atom stereocenters. The quantitative estimate of drug-likeness (QED) is 0.877. The van der Waals surface area contributed by atoms with E-state index in [4.69, 9.17) is 4.42 Å². The molecule has 1 aliphatic heterocycles. The maximum Gasteiger partial charge on any atom is 0.194 e. The molecule has 1 fully saturated rings. The summed E-state index contributed by atoms with van der Waals surface area (Å²) < 4.78 is 5.54. The van der Waals surface area contributed by atoms with Crippen molar-refractivity contribution in [2.24, 2.45) is 5.92 Å². The zero-order valence-electron chi connectivity index (χ0n) is 9.73. The van der Waals surface area contributed by atoms with Gasteiger partial charge in [0.25, 0.3) is 0 Å². The third-order valence-corrected chi connectivity index (χ3v) is 3.25. The molecule has 1 aromatic carbocycles. The van der Waals surface area contributed by atoms with Gasteiger partial charge in [-0.2, -0.15) is 0 Å². The lowest BCUT2D eigenvalue weighted by Gasteiger charge is -2.02. The summed E-state index contributed by atoms with van der Waals surface area (Å²) in [7, 11) is 0. The van der Waals surface area contributed by atoms with Crippen LogP contribution < -0.4 is 5.32 Å². The fourth-order valence-electron chi connectivity index (χ4n) is 2.28. The van der Waals surface area contributed by atoms with Crippen molar-refractivity contribution in [1.29, 1.82) is 0 Å². The fourth-order valence-corrected chi connectivity index (χ4v) is 2.28. The highest BCUT2D eigenvalue weighted by Gasteiger charge is 2.17. The molecule has 1 atom stereocenters. The molecule has 1 aromatic heterocycles. The molecule has 17 heavy (non-hydrogen) atoms. The van der Waals surface area contributed by atoms with Gasteiger partial charge < -0.3 is 9.73 Å². The van der Waals surface area contributed by atoms with Gasteiger partial charge in [0.2, 0.25) is 0 Å². The molecule has 0 amide bonds. The second-order valence-electron chi connectivity index (χ2n) is 4.56. The fraction of sp³-hybridized carbons (Fsp3) is 0.357. The van der Waals surface area contributed by atoms with Gasteiger partial charge >= 0.3 is 0 Å². The van der Waals surface area contributed by atoms with Gasteiger partial charge in [0.1, 0.15) is 12.0 Å². The van der Waals surface area contributed by atoms with Crippen LogP contribution in [-0.2, 0) is 6.42 Å². The second kappa shape index (κ2) is 4.72. The van der Waals surface area contributed by atoms with E-state index in [0.29, 0.717) is 5.92 Å². The standard InChI is InChI=1S/C14H16N2O/c1-2-4-12(5-3-1)13-10-17-14(16-13)8-11-6-7-15-9-11/h1-5,10-11,15H,6-9H2. The number of hydrogen-bond acceptors (Lipinski definition) is 3. The van der Waals surface area contributed by atoms with Crippen LogP contribution in [0.2, 0.25) is 0 Å². The van der Waals surface area contributed by atoms with Crippen molar-refractivity contribution in [3.8, 4) is 11.3 Å². The Labute approximate surface area is 101 Å². The number of nitrogens with zero attached hydrogens (tertiary/aromatic N) is 1. The van der Waals surface area contributed by atoms with E-state index in [1.165, 1.54) is 6.42 Å². The first kappa shape index (κ1) is 10.5. The van der Waals surface area contributed by atoms with E-state index in [2.05, 4.69) is 22.4 Å². The van der Waals surface area contributed by atoms with E-state index < -0.39 is 0 Å². The van der Waals surface area contributed by atoms with Crippen molar-refractivity contribution in [2.75, 3.05) is 13.1 Å². The molecule has 0 bridgehead atoms. The highest BCUT2D eigenvalue weighted by Crippen LogP contribution is 2.20. The van der Waals surface area contributed by atoms with Gasteiger partial charge in [-0.15, -0.1) is 0 Å². The zero-order valence-corrected chi connectivity index (χ0v) is 9.73. The number of benzene rings is 1. The average molecular weight is 228 g/mol. The average Bonchev–Trinajstić information content (AvgIpc) is 3.02. The minimum absolute atomic E-state index is 0.678. The molecular formula is C14H16N2O. The topological polar surface area (TPSA) is 38.1 Å². The minimum atomic E-state index is 0.678. The van der Waals surface area contributed by atoms with Gasteiger partial charge in [-0.05, 0) is 25.4 Å². The van der Waals surface area contributed by atoms with E-state index in [9.17, 15) is 0 Å². The predicted molar refractivity (Wildman–Crippen MR) is 66.6 cm³/mol. The molecule has 0 radical (unpaired) electrons. The summed E-state index contributed by atoms with van der Waals surface area (Å²) >= 11 is 0. The van der Waals surface area contributed by atoms with E-state index in [0.717, 1.165) is 36.7 Å². The van der Waals surface area contributed by atoms with Crippen molar-refractivity contribution >= 4 is 0 Å². The molecular weight excluding hydrogens is 212 g/mol. The van der Waals surface area contributed by atoms with Crippen LogP contribution in [0.4, 0.5) is 0 Å². The van der Waals surface area contributed by atoms with Gasteiger partial charge in [0.05, 0.1) is 0 Å². The molecule has 0 spiro atoms. The summed E-state index contributed by atoms with van der Waals surface area (Å²) in [5.74, 6) is 1.54. The molecule has 2 aromatic rings. The summed E-state index contributed by atoms with van der Waals surface area (Å²) in [4.78, 5) is 4.55. The monoisotopic (exact) mass is 228 g/mol. The Morgan fingerprint density at radius 2 is 2.18 bits per heavy atom. The first-order valence-electron chi connectivity index (χ1n) is 6.12. The predicted octanol–water partition coefficient (Wildman–Crippen LogP) is 2.49. The lowest BCUT2D eigenvalue weighted by atomic mass is 10.1. The Morgan fingerprint density at radius 1 is 1.29 bits per heavy atom. The number of oxazole rings is 1. The van der Waals surface area contributed by atoms with Gasteiger partial charge in [0, 0.05) is 12.0 Å². The Hall–Kier alpha value is -1.61. The van der Waals surface area contributed by atoms with Crippen molar-refractivity contribution in [3.63, 3.8) is 0 Å². The van der Waals surface area contributed by atoms with Crippen LogP contribution in [0.1, 0.15) is 12.3 Å². The first-order chi connectivity index (χ1) is 8.42. The molecule has 1 N–H and O–H groups in total. The Morgan fingerprint density at radius 3 is 2.94 bits per heavy atom. The lowest BCUT2D eigenvalue weighted by Crippen LogP contribution is -2.10. The molecule has 2 heterocycles. The summed E-state index contributed by atoms with van der Waals surface area (Å²) in [6, 6.07) is 10.2. The molecule has 88 valence electrons. The SMILES string of the molecule is c1ccc(-c2coc(CC3CCNC3)n2)cc1. The van der Waals surface area contributed by atoms with Crippen molar-refractivity contribution < 1.29 is 4.42 Å².